The summed E-state index contributed by atoms with van der Waals surface area (Å²) in [7, 11) is 0. The molecule has 0 rings (SSSR count). The third-order valence-corrected chi connectivity index (χ3v) is 0.333. The summed E-state index contributed by atoms with van der Waals surface area (Å²) in [5.41, 5.74) is 0. The minimum atomic E-state index is -2.19. The van der Waals surface area contributed by atoms with E-state index in [0.29, 0.717) is 0 Å². The fourth-order valence-corrected chi connectivity index (χ4v) is 0. The van der Waals surface area contributed by atoms with E-state index in [0.717, 1.165) is 0 Å². The molecule has 8 nitrogen and oxygen atoms in total. The van der Waals surface area contributed by atoms with E-state index < -0.39 is 23.9 Å². The van der Waals surface area contributed by atoms with Crippen LogP contribution >= 0.6 is 0 Å². The number of carboxylic acids is 4. The predicted octanol–water partition coefficient (Wildman–Crippen LogP) is -19.0. The van der Waals surface area contributed by atoms with Gasteiger partial charge in [0.25, 0.3) is 0 Å². The molecule has 0 heterocycles. The number of hydrogen-bond donors (Lipinski definition) is 0. The Bertz CT molecular complexity index is 180. The van der Waals surface area contributed by atoms with Gasteiger partial charge in [-0.15, -0.1) is 0 Å². The van der Waals surface area contributed by atoms with E-state index in [9.17, 15) is 0 Å². The summed E-state index contributed by atoms with van der Waals surface area (Å²) in [5, 5.41) is 35.7. The third-order valence-electron chi connectivity index (χ3n) is 0.333. The molecule has 0 aromatic rings. The number of hydrogen-bond acceptors (Lipinski definition) is 8. The number of aliphatic carboxylic acids is 4. The molecule has 0 amide bonds. The summed E-state index contributed by atoms with van der Waals surface area (Å²) in [5.74, 6) is -8.74. The van der Waals surface area contributed by atoms with Crippen molar-refractivity contribution in [1.82, 2.24) is 0 Å². The second-order valence-electron chi connectivity index (χ2n) is 1.15. The molecule has 0 saturated heterocycles. The second kappa shape index (κ2) is 26.0. The van der Waals surface area contributed by atoms with Crippen molar-refractivity contribution in [3.63, 3.8) is 0 Å². The van der Waals surface area contributed by atoms with Gasteiger partial charge in [0.2, 0.25) is 0 Å². The summed E-state index contributed by atoms with van der Waals surface area (Å²) in [4.78, 5) is 35.7. The molecule has 0 bridgehead atoms. The van der Waals surface area contributed by atoms with Gasteiger partial charge in [-0.2, -0.15) is 0 Å². The Balaban J connectivity index is -0.0000000250. The van der Waals surface area contributed by atoms with Crippen molar-refractivity contribution in [2.75, 3.05) is 0 Å². The van der Waals surface area contributed by atoms with E-state index in [1.165, 1.54) is 0 Å². The van der Waals surface area contributed by atoms with Crippen LogP contribution in [-0.2, 0) is 19.2 Å². The molecule has 0 aromatic heterocycles. The standard InChI is InChI=1S/2C2H2O4.4Cs/c2*3-1(4)2(5)6;;;;/h2*(H,3,4)(H,5,6);;;;/q;;4*+1/p-4. The molecule has 0 aromatic carbocycles. The van der Waals surface area contributed by atoms with Gasteiger partial charge in [-0.1, -0.05) is 0 Å². The van der Waals surface area contributed by atoms with E-state index >= 15 is 0 Å². The number of carboxylic acid groups (broad SMARTS) is 4. The first kappa shape index (κ1) is 38.0. The average molecular weight is 708 g/mol. The molecule has 0 unspecified atom stereocenters. The van der Waals surface area contributed by atoms with Crippen molar-refractivity contribution in [2.45, 2.75) is 0 Å². The van der Waals surface area contributed by atoms with Gasteiger partial charge in [-0.25, -0.2) is 0 Å². The Morgan fingerprint density at radius 1 is 0.438 bits per heavy atom. The van der Waals surface area contributed by atoms with Crippen molar-refractivity contribution in [3.05, 3.63) is 0 Å². The third kappa shape index (κ3) is 36.9. The monoisotopic (exact) mass is 708 g/mol. The maximum atomic E-state index is 8.93. The number of carbonyl (C=O) groups is 4. The molecule has 0 N–H and O–H groups in total. The minimum Gasteiger partial charge on any atom is -0.543 e. The van der Waals surface area contributed by atoms with Crippen molar-refractivity contribution in [3.8, 4) is 0 Å². The van der Waals surface area contributed by atoms with Gasteiger partial charge in [0.1, 0.15) is 0 Å². The van der Waals surface area contributed by atoms with E-state index in [1.54, 1.807) is 0 Å². The Labute approximate surface area is 326 Å². The van der Waals surface area contributed by atoms with Crippen molar-refractivity contribution >= 4 is 23.9 Å². The fourth-order valence-electron chi connectivity index (χ4n) is 0. The molecule has 68 valence electrons. The zero-order chi connectivity index (χ0) is 10.3. The summed E-state index contributed by atoms with van der Waals surface area (Å²) in [6.07, 6.45) is 0. The molecule has 0 aliphatic heterocycles. The summed E-state index contributed by atoms with van der Waals surface area (Å²) in [6.45, 7) is 0. The first-order valence-corrected chi connectivity index (χ1v) is 2.13. The van der Waals surface area contributed by atoms with Crippen molar-refractivity contribution in [2.24, 2.45) is 0 Å². The van der Waals surface area contributed by atoms with Crippen LogP contribution in [0.4, 0.5) is 0 Å². The second-order valence-corrected chi connectivity index (χ2v) is 1.15. The Morgan fingerprint density at radius 3 is 0.500 bits per heavy atom. The molecule has 16 heavy (non-hydrogen) atoms. The van der Waals surface area contributed by atoms with Crippen LogP contribution in [0.5, 0.6) is 0 Å². The Kier molecular flexibility index (Phi) is 61.7. The topological polar surface area (TPSA) is 161 Å². The van der Waals surface area contributed by atoms with Crippen LogP contribution in [0.2, 0.25) is 0 Å². The van der Waals surface area contributed by atoms with Crippen LogP contribution in [0.3, 0.4) is 0 Å². The summed E-state index contributed by atoms with van der Waals surface area (Å²) in [6, 6.07) is 0. The van der Waals surface area contributed by atoms with Crippen molar-refractivity contribution < 1.29 is 315 Å². The minimum absolute atomic E-state index is 0. The fraction of sp³-hybridized carbons (Fsp3) is 0. The smallest absolute Gasteiger partial charge is 0.543 e. The van der Waals surface area contributed by atoms with Gasteiger partial charge in [-0.3, -0.25) is 0 Å². The van der Waals surface area contributed by atoms with Crippen LogP contribution in [0.25, 0.3) is 0 Å². The molecule has 0 saturated carbocycles. The molecule has 0 atom stereocenters. The first-order valence-electron chi connectivity index (χ1n) is 2.13. The Hall–Kier alpha value is 6.09. The molecule has 0 spiro atoms. The molecular formula is C4Cs4O8. The van der Waals surface area contributed by atoms with Gasteiger partial charge in [0.05, 0.1) is 23.9 Å². The number of carbonyl (C=O) groups excluding carboxylic acids is 4. The van der Waals surface area contributed by atoms with Crippen LogP contribution in [-0.4, -0.2) is 23.9 Å². The zero-order valence-corrected chi connectivity index (χ0v) is 34.4. The zero-order valence-electron chi connectivity index (χ0n) is 9.27. The molecule has 0 aliphatic carbocycles. The van der Waals surface area contributed by atoms with E-state index in [1.807, 2.05) is 0 Å². The normalized spacial score (nSPS) is 5.50. The SMILES string of the molecule is O=C([O-])C(=O)[O-].O=C([O-])C(=O)[O-].[Cs+].[Cs+].[Cs+].[Cs+]. The van der Waals surface area contributed by atoms with Crippen LogP contribution < -0.4 is 296 Å². The maximum absolute atomic E-state index is 8.93. The quantitative estimate of drug-likeness (QED) is 0.225. The molecular weight excluding hydrogens is 708 g/mol. The largest absolute Gasteiger partial charge is 1.00 e. The summed E-state index contributed by atoms with van der Waals surface area (Å²) >= 11 is 0. The number of rotatable bonds is 0. The van der Waals surface area contributed by atoms with Gasteiger partial charge in [0.15, 0.2) is 0 Å². The van der Waals surface area contributed by atoms with Crippen LogP contribution in [0, 0.1) is 0 Å². The van der Waals surface area contributed by atoms with E-state index in [4.69, 9.17) is 39.6 Å². The first-order chi connectivity index (χ1) is 5.29. The van der Waals surface area contributed by atoms with Crippen molar-refractivity contribution in [1.29, 1.82) is 0 Å². The van der Waals surface area contributed by atoms with Gasteiger partial charge >= 0.3 is 276 Å². The Morgan fingerprint density at radius 2 is 0.500 bits per heavy atom. The summed E-state index contributed by atoms with van der Waals surface area (Å²) < 4.78 is 0. The maximum Gasteiger partial charge on any atom is 1.00 e. The van der Waals surface area contributed by atoms with Crippen LogP contribution in [0.15, 0.2) is 0 Å². The van der Waals surface area contributed by atoms with Gasteiger partial charge < -0.3 is 39.6 Å². The predicted molar refractivity (Wildman–Crippen MR) is 20.0 cm³/mol. The van der Waals surface area contributed by atoms with Crippen LogP contribution in [0.1, 0.15) is 0 Å². The molecule has 12 heteroatoms. The van der Waals surface area contributed by atoms with E-state index in [2.05, 4.69) is 0 Å². The van der Waals surface area contributed by atoms with Gasteiger partial charge in [0, 0.05) is 0 Å². The van der Waals surface area contributed by atoms with E-state index in [-0.39, 0.29) is 276 Å². The molecule has 0 radical (unpaired) electrons. The average Bonchev–Trinajstić information content (AvgIpc) is 1.88. The molecule has 0 fully saturated rings. The van der Waals surface area contributed by atoms with Gasteiger partial charge in [-0.05, 0) is 0 Å². The molecule has 0 aliphatic rings.